The van der Waals surface area contributed by atoms with Crippen LogP contribution in [-0.2, 0) is 0 Å². The van der Waals surface area contributed by atoms with Gasteiger partial charge < -0.3 is 0 Å². The number of hydrogen-bond acceptors (Lipinski definition) is 2. The quantitative estimate of drug-likeness (QED) is 0.741. The SMILES string of the molecule is C[C@H](C(=O)n1ccc2cc(F)ccc21)N1CC1. The second-order valence-corrected chi connectivity index (χ2v) is 4.44. The van der Waals surface area contributed by atoms with Crippen LogP contribution in [0.2, 0.25) is 0 Å². The molecule has 1 aliphatic heterocycles. The second kappa shape index (κ2) is 3.67. The molecule has 3 rings (SSSR count). The van der Waals surface area contributed by atoms with Crippen molar-refractivity contribution in [1.29, 1.82) is 0 Å². The lowest BCUT2D eigenvalue weighted by molar-refractivity contribution is 0.0842. The molecule has 0 unspecified atom stereocenters. The number of aromatic nitrogens is 1. The minimum Gasteiger partial charge on any atom is -0.290 e. The van der Waals surface area contributed by atoms with Gasteiger partial charge in [0, 0.05) is 24.7 Å². The molecule has 0 aliphatic carbocycles. The van der Waals surface area contributed by atoms with Crippen molar-refractivity contribution in [2.24, 2.45) is 0 Å². The molecule has 1 fully saturated rings. The van der Waals surface area contributed by atoms with Crippen LogP contribution < -0.4 is 0 Å². The average Bonchev–Trinajstić information content (AvgIpc) is 3.08. The Kier molecular flexibility index (Phi) is 2.26. The minimum absolute atomic E-state index is 0.0455. The Morgan fingerprint density at radius 1 is 1.35 bits per heavy atom. The normalized spacial score (nSPS) is 17.3. The zero-order valence-electron chi connectivity index (χ0n) is 9.56. The average molecular weight is 232 g/mol. The van der Waals surface area contributed by atoms with Crippen molar-refractivity contribution in [2.75, 3.05) is 13.1 Å². The van der Waals surface area contributed by atoms with Crippen molar-refractivity contribution in [2.45, 2.75) is 13.0 Å². The van der Waals surface area contributed by atoms with Gasteiger partial charge in [-0.25, -0.2) is 4.39 Å². The zero-order valence-corrected chi connectivity index (χ0v) is 9.56. The van der Waals surface area contributed by atoms with Gasteiger partial charge in [-0.3, -0.25) is 14.3 Å². The Morgan fingerprint density at radius 3 is 2.82 bits per heavy atom. The van der Waals surface area contributed by atoms with E-state index >= 15 is 0 Å². The molecule has 1 saturated heterocycles. The molecular weight excluding hydrogens is 219 g/mol. The van der Waals surface area contributed by atoms with E-state index in [4.69, 9.17) is 0 Å². The summed E-state index contributed by atoms with van der Waals surface area (Å²) in [4.78, 5) is 14.3. The summed E-state index contributed by atoms with van der Waals surface area (Å²) >= 11 is 0. The molecular formula is C13H13FN2O. The van der Waals surface area contributed by atoms with Crippen LogP contribution in [-0.4, -0.2) is 34.5 Å². The Labute approximate surface area is 98.4 Å². The van der Waals surface area contributed by atoms with Gasteiger partial charge in [-0.15, -0.1) is 0 Å². The summed E-state index contributed by atoms with van der Waals surface area (Å²) in [6.45, 7) is 3.88. The lowest BCUT2D eigenvalue weighted by Crippen LogP contribution is -2.30. The van der Waals surface area contributed by atoms with E-state index < -0.39 is 0 Å². The number of rotatable bonds is 2. The highest BCUT2D eigenvalue weighted by atomic mass is 19.1. The lowest BCUT2D eigenvalue weighted by atomic mass is 10.2. The summed E-state index contributed by atoms with van der Waals surface area (Å²) in [7, 11) is 0. The number of halogens is 1. The van der Waals surface area contributed by atoms with Crippen LogP contribution in [0.5, 0.6) is 0 Å². The fraction of sp³-hybridized carbons (Fsp3) is 0.308. The maximum atomic E-state index is 13.0. The van der Waals surface area contributed by atoms with E-state index in [0.29, 0.717) is 0 Å². The summed E-state index contributed by atoms with van der Waals surface area (Å²) in [5.41, 5.74) is 0.769. The fourth-order valence-electron chi connectivity index (χ4n) is 2.11. The predicted octanol–water partition coefficient (Wildman–Crippen LogP) is 2.12. The van der Waals surface area contributed by atoms with E-state index in [9.17, 15) is 9.18 Å². The summed E-state index contributed by atoms with van der Waals surface area (Å²) in [5.74, 6) is -0.231. The monoisotopic (exact) mass is 232 g/mol. The van der Waals surface area contributed by atoms with E-state index in [1.165, 1.54) is 12.1 Å². The van der Waals surface area contributed by atoms with Gasteiger partial charge in [-0.2, -0.15) is 0 Å². The van der Waals surface area contributed by atoms with Crippen molar-refractivity contribution in [3.63, 3.8) is 0 Å². The molecule has 1 aromatic carbocycles. The zero-order chi connectivity index (χ0) is 12.0. The molecule has 88 valence electrons. The van der Waals surface area contributed by atoms with Crippen LogP contribution in [0.1, 0.15) is 11.7 Å². The second-order valence-electron chi connectivity index (χ2n) is 4.44. The van der Waals surface area contributed by atoms with Gasteiger partial charge >= 0.3 is 0 Å². The first-order valence-electron chi connectivity index (χ1n) is 5.72. The lowest BCUT2D eigenvalue weighted by Gasteiger charge is -2.12. The number of hydrogen-bond donors (Lipinski definition) is 0. The van der Waals surface area contributed by atoms with E-state index in [2.05, 4.69) is 4.90 Å². The predicted molar refractivity (Wildman–Crippen MR) is 63.6 cm³/mol. The number of fused-ring (bicyclic) bond motifs is 1. The summed E-state index contributed by atoms with van der Waals surface area (Å²) < 4.78 is 14.7. The molecule has 1 aliphatic rings. The standard InChI is InChI=1S/C13H13FN2O/c1-9(15-6-7-15)13(17)16-5-4-10-8-11(14)2-3-12(10)16/h2-5,8-9H,6-7H2,1H3/t9-/m1/s1. The highest BCUT2D eigenvalue weighted by Crippen LogP contribution is 2.19. The first kappa shape index (κ1) is 10.5. The smallest absolute Gasteiger partial charge is 0.248 e. The van der Waals surface area contributed by atoms with Crippen molar-refractivity contribution < 1.29 is 9.18 Å². The first-order chi connectivity index (χ1) is 8.16. The van der Waals surface area contributed by atoms with Gasteiger partial charge in [0.25, 0.3) is 0 Å². The number of benzene rings is 1. The first-order valence-corrected chi connectivity index (χ1v) is 5.72. The van der Waals surface area contributed by atoms with Gasteiger partial charge in [0.05, 0.1) is 11.6 Å². The molecule has 2 aromatic rings. The van der Waals surface area contributed by atoms with Crippen LogP contribution in [0.4, 0.5) is 4.39 Å². The van der Waals surface area contributed by atoms with Crippen LogP contribution in [0.15, 0.2) is 30.5 Å². The Morgan fingerprint density at radius 2 is 2.12 bits per heavy atom. The van der Waals surface area contributed by atoms with Crippen LogP contribution in [0.3, 0.4) is 0 Å². The van der Waals surface area contributed by atoms with Gasteiger partial charge in [0.1, 0.15) is 5.82 Å². The van der Waals surface area contributed by atoms with E-state index in [1.807, 2.05) is 6.92 Å². The van der Waals surface area contributed by atoms with Gasteiger partial charge in [-0.05, 0) is 31.2 Å². The summed E-state index contributed by atoms with van der Waals surface area (Å²) in [5, 5.41) is 0.761. The summed E-state index contributed by atoms with van der Waals surface area (Å²) in [6, 6.07) is 6.15. The molecule has 0 amide bonds. The Balaban J connectivity index is 2.02. The van der Waals surface area contributed by atoms with E-state index in [-0.39, 0.29) is 17.8 Å². The molecule has 3 nitrogen and oxygen atoms in total. The van der Waals surface area contributed by atoms with Crippen molar-refractivity contribution in [3.8, 4) is 0 Å². The third kappa shape index (κ3) is 1.74. The largest absolute Gasteiger partial charge is 0.290 e. The number of carbonyl (C=O) groups excluding carboxylic acids is 1. The van der Waals surface area contributed by atoms with Crippen LogP contribution in [0, 0.1) is 5.82 Å². The molecule has 1 aromatic heterocycles. The van der Waals surface area contributed by atoms with Crippen LogP contribution >= 0.6 is 0 Å². The maximum absolute atomic E-state index is 13.0. The number of carbonyl (C=O) groups is 1. The molecule has 0 radical (unpaired) electrons. The minimum atomic E-state index is -0.276. The molecule has 0 bridgehead atoms. The molecule has 4 heteroatoms. The molecule has 2 heterocycles. The van der Waals surface area contributed by atoms with Crippen molar-refractivity contribution in [3.05, 3.63) is 36.3 Å². The molecule has 0 spiro atoms. The third-order valence-corrected chi connectivity index (χ3v) is 3.28. The van der Waals surface area contributed by atoms with Gasteiger partial charge in [0.2, 0.25) is 5.91 Å². The highest BCUT2D eigenvalue weighted by molar-refractivity contribution is 5.94. The maximum Gasteiger partial charge on any atom is 0.248 e. The topological polar surface area (TPSA) is 25.0 Å². The van der Waals surface area contributed by atoms with E-state index in [1.54, 1.807) is 22.9 Å². The van der Waals surface area contributed by atoms with Crippen LogP contribution in [0.25, 0.3) is 10.9 Å². The number of nitrogens with zero attached hydrogens (tertiary/aromatic N) is 2. The van der Waals surface area contributed by atoms with Crippen molar-refractivity contribution in [1.82, 2.24) is 9.47 Å². The van der Waals surface area contributed by atoms with Gasteiger partial charge in [0.15, 0.2) is 0 Å². The van der Waals surface area contributed by atoms with Gasteiger partial charge in [-0.1, -0.05) is 0 Å². The Hall–Kier alpha value is -1.68. The fourth-order valence-corrected chi connectivity index (χ4v) is 2.11. The highest BCUT2D eigenvalue weighted by Gasteiger charge is 2.30. The summed E-state index contributed by atoms with van der Waals surface area (Å²) in [6.07, 6.45) is 1.71. The molecule has 1 atom stereocenters. The molecule has 17 heavy (non-hydrogen) atoms. The van der Waals surface area contributed by atoms with Crippen molar-refractivity contribution >= 4 is 16.8 Å². The molecule has 0 saturated carbocycles. The third-order valence-electron chi connectivity index (χ3n) is 3.28. The Bertz CT molecular complexity index is 586. The molecule has 0 N–H and O–H groups in total. The van der Waals surface area contributed by atoms with E-state index in [0.717, 1.165) is 24.0 Å².